The molecule has 2 aromatic carbocycles. The van der Waals surface area contributed by atoms with E-state index >= 15 is 0 Å². The molecule has 0 radical (unpaired) electrons. The molecule has 1 heterocycles. The van der Waals surface area contributed by atoms with Crippen LogP contribution in [0.2, 0.25) is 0 Å². The molecule has 0 bridgehead atoms. The van der Waals surface area contributed by atoms with Crippen LogP contribution in [0.1, 0.15) is 30.8 Å². The van der Waals surface area contributed by atoms with E-state index in [4.69, 9.17) is 0 Å². The molecule has 0 aliphatic carbocycles. The zero-order valence-corrected chi connectivity index (χ0v) is 13.5. The molecular weight excluding hydrogens is 282 g/mol. The molecule has 1 aromatic heterocycles. The number of aromatic nitrogens is 2. The Labute approximate surface area is 136 Å². The molecule has 0 unspecified atom stereocenters. The number of rotatable bonds is 4. The number of hydrogen-bond donors (Lipinski definition) is 0. The molecule has 0 N–H and O–H groups in total. The number of fused-ring (bicyclic) bond motifs is 1. The predicted octanol–water partition coefficient (Wildman–Crippen LogP) is 4.68. The van der Waals surface area contributed by atoms with Gasteiger partial charge in [-0.25, -0.2) is 4.98 Å². The van der Waals surface area contributed by atoms with Crippen LogP contribution in [-0.2, 0) is 13.0 Å². The van der Waals surface area contributed by atoms with Gasteiger partial charge in [0.05, 0.1) is 16.6 Å². The monoisotopic (exact) mass is 301 g/mol. The fourth-order valence-corrected chi connectivity index (χ4v) is 2.76. The number of imidazole rings is 1. The first-order valence-corrected chi connectivity index (χ1v) is 7.93. The fraction of sp³-hybridized carbons (Fsp3) is 0.200. The molecule has 3 heteroatoms. The Kier molecular flexibility index (Phi) is 4.25. The van der Waals surface area contributed by atoms with E-state index in [1.165, 1.54) is 5.56 Å². The zero-order valence-electron chi connectivity index (χ0n) is 13.5. The third-order valence-corrected chi connectivity index (χ3v) is 4.03. The maximum absolute atomic E-state index is 9.62. The van der Waals surface area contributed by atoms with Crippen molar-refractivity contribution in [3.63, 3.8) is 0 Å². The summed E-state index contributed by atoms with van der Waals surface area (Å²) in [6.07, 6.45) is 2.92. The van der Waals surface area contributed by atoms with Crippen LogP contribution in [0.3, 0.4) is 0 Å². The van der Waals surface area contributed by atoms with Crippen molar-refractivity contribution in [3.8, 4) is 6.07 Å². The molecular formula is C20H19N3. The summed E-state index contributed by atoms with van der Waals surface area (Å²) in [6.45, 7) is 4.99. The van der Waals surface area contributed by atoms with E-state index in [1.807, 2.05) is 30.3 Å². The molecule has 114 valence electrons. The highest BCUT2D eigenvalue weighted by Crippen LogP contribution is 2.23. The molecule has 3 aromatic rings. The zero-order chi connectivity index (χ0) is 16.2. The van der Waals surface area contributed by atoms with Gasteiger partial charge in [-0.3, -0.25) is 0 Å². The minimum atomic E-state index is 0.590. The van der Waals surface area contributed by atoms with Crippen molar-refractivity contribution < 1.29 is 0 Å². The summed E-state index contributed by atoms with van der Waals surface area (Å²) < 4.78 is 2.09. The van der Waals surface area contributed by atoms with Gasteiger partial charge in [0.1, 0.15) is 6.07 Å². The molecule has 3 rings (SSSR count). The predicted molar refractivity (Wildman–Crippen MR) is 94.7 cm³/mol. The van der Waals surface area contributed by atoms with Crippen molar-refractivity contribution in [3.05, 3.63) is 65.5 Å². The first kappa shape index (κ1) is 15.1. The van der Waals surface area contributed by atoms with Crippen LogP contribution in [0.5, 0.6) is 0 Å². The summed E-state index contributed by atoms with van der Waals surface area (Å²) >= 11 is 0. The van der Waals surface area contributed by atoms with Crippen LogP contribution in [0, 0.1) is 11.3 Å². The van der Waals surface area contributed by atoms with E-state index in [9.17, 15) is 5.26 Å². The van der Waals surface area contributed by atoms with Gasteiger partial charge in [0.2, 0.25) is 0 Å². The van der Waals surface area contributed by atoms with Crippen LogP contribution in [-0.4, -0.2) is 9.55 Å². The third-order valence-electron chi connectivity index (χ3n) is 4.03. The Morgan fingerprint density at radius 2 is 1.87 bits per heavy atom. The van der Waals surface area contributed by atoms with E-state index in [2.05, 4.69) is 53.7 Å². The van der Waals surface area contributed by atoms with E-state index in [1.54, 1.807) is 0 Å². The highest BCUT2D eigenvalue weighted by molar-refractivity contribution is 5.90. The van der Waals surface area contributed by atoms with Gasteiger partial charge in [0.25, 0.3) is 0 Å². The lowest BCUT2D eigenvalue weighted by atomic mass is 10.1. The van der Waals surface area contributed by atoms with Crippen LogP contribution in [0.4, 0.5) is 0 Å². The maximum atomic E-state index is 9.62. The van der Waals surface area contributed by atoms with Crippen LogP contribution < -0.4 is 0 Å². The lowest BCUT2D eigenvalue weighted by molar-refractivity contribution is 0.775. The van der Waals surface area contributed by atoms with Gasteiger partial charge in [0, 0.05) is 6.54 Å². The van der Waals surface area contributed by atoms with E-state index in [-0.39, 0.29) is 0 Å². The summed E-state index contributed by atoms with van der Waals surface area (Å²) in [5.41, 5.74) is 4.89. The average Bonchev–Trinajstić information content (AvgIpc) is 2.98. The van der Waals surface area contributed by atoms with E-state index in [0.717, 1.165) is 35.4 Å². The molecule has 0 amide bonds. The number of nitrogens with zero attached hydrogens (tertiary/aromatic N) is 3. The van der Waals surface area contributed by atoms with Crippen molar-refractivity contribution in [2.75, 3.05) is 0 Å². The highest BCUT2D eigenvalue weighted by atomic mass is 15.1. The quantitative estimate of drug-likeness (QED) is 0.656. The summed E-state index contributed by atoms with van der Waals surface area (Å²) in [6, 6.07) is 18.6. The van der Waals surface area contributed by atoms with Crippen LogP contribution >= 0.6 is 0 Å². The second-order valence-electron chi connectivity index (χ2n) is 5.43. The SMILES string of the molecule is CCc1ccc(/C=C(/C#N)c2nc3ccccc3n2CC)cc1. The topological polar surface area (TPSA) is 41.6 Å². The largest absolute Gasteiger partial charge is 0.324 e. The van der Waals surface area contributed by atoms with Crippen molar-refractivity contribution in [2.45, 2.75) is 26.8 Å². The summed E-state index contributed by atoms with van der Waals surface area (Å²) in [5, 5.41) is 9.62. The Hall–Kier alpha value is -2.86. The smallest absolute Gasteiger partial charge is 0.151 e. The van der Waals surface area contributed by atoms with Crippen molar-refractivity contribution in [1.29, 1.82) is 5.26 Å². The first-order chi connectivity index (χ1) is 11.3. The molecule has 0 fully saturated rings. The molecule has 0 saturated carbocycles. The normalized spacial score (nSPS) is 11.6. The minimum absolute atomic E-state index is 0.590. The second-order valence-corrected chi connectivity index (χ2v) is 5.43. The lowest BCUT2D eigenvalue weighted by Gasteiger charge is -2.05. The number of nitriles is 1. The molecule has 0 atom stereocenters. The van der Waals surface area contributed by atoms with Gasteiger partial charge in [-0.1, -0.05) is 43.3 Å². The minimum Gasteiger partial charge on any atom is -0.324 e. The number of para-hydroxylation sites is 2. The van der Waals surface area contributed by atoms with Crippen LogP contribution in [0.15, 0.2) is 48.5 Å². The number of aryl methyl sites for hydroxylation is 2. The molecule has 0 spiro atoms. The molecule has 0 saturated heterocycles. The van der Waals surface area contributed by atoms with Gasteiger partial charge >= 0.3 is 0 Å². The first-order valence-electron chi connectivity index (χ1n) is 7.93. The lowest BCUT2D eigenvalue weighted by Crippen LogP contribution is -2.00. The van der Waals surface area contributed by atoms with Crippen molar-refractivity contribution in [2.24, 2.45) is 0 Å². The maximum Gasteiger partial charge on any atom is 0.151 e. The molecule has 23 heavy (non-hydrogen) atoms. The standard InChI is InChI=1S/C20H19N3/c1-3-15-9-11-16(12-10-15)13-17(14-21)20-22-18-7-5-6-8-19(18)23(20)4-2/h5-13H,3-4H2,1-2H3/b17-13-. The van der Waals surface area contributed by atoms with Gasteiger partial charge in [-0.05, 0) is 42.7 Å². The van der Waals surface area contributed by atoms with Gasteiger partial charge in [0.15, 0.2) is 5.82 Å². The fourth-order valence-electron chi connectivity index (χ4n) is 2.76. The number of allylic oxidation sites excluding steroid dienone is 1. The van der Waals surface area contributed by atoms with Gasteiger partial charge in [-0.15, -0.1) is 0 Å². The number of benzene rings is 2. The number of hydrogen-bond acceptors (Lipinski definition) is 2. The Morgan fingerprint density at radius 1 is 1.13 bits per heavy atom. The summed E-state index contributed by atoms with van der Waals surface area (Å²) in [7, 11) is 0. The molecule has 3 nitrogen and oxygen atoms in total. The van der Waals surface area contributed by atoms with E-state index in [0.29, 0.717) is 5.57 Å². The Bertz CT molecular complexity index is 893. The average molecular weight is 301 g/mol. The molecule has 0 aliphatic rings. The van der Waals surface area contributed by atoms with E-state index < -0.39 is 0 Å². The Balaban J connectivity index is 2.10. The van der Waals surface area contributed by atoms with Gasteiger partial charge < -0.3 is 4.57 Å². The van der Waals surface area contributed by atoms with Crippen LogP contribution in [0.25, 0.3) is 22.7 Å². The third kappa shape index (κ3) is 2.89. The Morgan fingerprint density at radius 3 is 2.52 bits per heavy atom. The summed E-state index contributed by atoms with van der Waals surface area (Å²) in [4.78, 5) is 4.66. The van der Waals surface area contributed by atoms with Crippen molar-refractivity contribution >= 4 is 22.7 Å². The summed E-state index contributed by atoms with van der Waals surface area (Å²) in [5.74, 6) is 0.732. The second kappa shape index (κ2) is 6.50. The molecule has 0 aliphatic heterocycles. The van der Waals surface area contributed by atoms with Crippen molar-refractivity contribution in [1.82, 2.24) is 9.55 Å². The van der Waals surface area contributed by atoms with Gasteiger partial charge in [-0.2, -0.15) is 5.26 Å². The highest BCUT2D eigenvalue weighted by Gasteiger charge is 2.13.